The van der Waals surface area contributed by atoms with E-state index in [1.807, 2.05) is 0 Å². The average Bonchev–Trinajstić information content (AvgIpc) is 3.28. The molecule has 0 fully saturated rings. The Hall–Kier alpha value is -4.16. The minimum absolute atomic E-state index is 0.322. The van der Waals surface area contributed by atoms with E-state index in [9.17, 15) is 0 Å². The molecule has 3 aromatic carbocycles. The summed E-state index contributed by atoms with van der Waals surface area (Å²) in [5.74, 6) is 2.17. The molecule has 3 aromatic rings. The van der Waals surface area contributed by atoms with Crippen LogP contribution in [0.15, 0.2) is 145 Å². The predicted molar refractivity (Wildman–Crippen MR) is 200 cm³/mol. The number of rotatable bonds is 12. The van der Waals surface area contributed by atoms with Gasteiger partial charge >= 0.3 is 0 Å². The van der Waals surface area contributed by atoms with Crippen molar-refractivity contribution in [2.75, 3.05) is 0 Å². The van der Waals surface area contributed by atoms with Gasteiger partial charge in [-0.2, -0.15) is 0 Å². The van der Waals surface area contributed by atoms with Gasteiger partial charge in [0.25, 0.3) is 0 Å². The van der Waals surface area contributed by atoms with E-state index in [1.165, 1.54) is 50.1 Å². The van der Waals surface area contributed by atoms with Gasteiger partial charge in [-0.3, -0.25) is 0 Å². The molecule has 4 unspecified atom stereocenters. The van der Waals surface area contributed by atoms with Crippen molar-refractivity contribution in [3.63, 3.8) is 0 Å². The number of allylic oxidation sites excluding steroid dienone is 14. The molecule has 0 aromatic heterocycles. The lowest BCUT2D eigenvalue weighted by molar-refractivity contribution is 0.322. The van der Waals surface area contributed by atoms with Crippen molar-refractivity contribution in [2.24, 2.45) is 17.8 Å². The monoisotopic (exact) mass is 592 g/mol. The Bertz CT molecular complexity index is 1620. The molecule has 4 atom stereocenters. The molecule has 0 heterocycles. The van der Waals surface area contributed by atoms with Crippen molar-refractivity contribution in [3.8, 4) is 22.3 Å². The standard InChI is InChI=1S/C45H52/c1-8-9-12-19-34(3)38(7)35(4)20-13-10-14-21-36(5)45-32-41(28-26-37(45)6)44-30-42(39-22-15-11-16-23-39)29-43(31-44)40-24-17-18-33(2)25-27-40/h8-19,21-23,25-32,34-36,38H,20,24H2,1-7H3/b9-8-,13-10-,19-12-,21-14-. The zero-order valence-corrected chi connectivity index (χ0v) is 28.5. The first kappa shape index (κ1) is 33.7. The lowest BCUT2D eigenvalue weighted by atomic mass is 9.83. The fourth-order valence-corrected chi connectivity index (χ4v) is 5.99. The largest absolute Gasteiger partial charge is 0.0877 e. The van der Waals surface area contributed by atoms with Crippen LogP contribution in [-0.4, -0.2) is 0 Å². The third kappa shape index (κ3) is 9.66. The van der Waals surface area contributed by atoms with Crippen LogP contribution >= 0.6 is 0 Å². The topological polar surface area (TPSA) is 0 Å². The molecule has 0 amide bonds. The van der Waals surface area contributed by atoms with Gasteiger partial charge in [-0.25, -0.2) is 0 Å². The highest BCUT2D eigenvalue weighted by Crippen LogP contribution is 2.35. The van der Waals surface area contributed by atoms with Crippen LogP contribution in [0, 0.1) is 24.7 Å². The molecule has 1 aliphatic carbocycles. The fraction of sp³-hybridized carbons (Fsp3) is 0.289. The second kappa shape index (κ2) is 16.8. The number of hydrogen-bond acceptors (Lipinski definition) is 0. The van der Waals surface area contributed by atoms with Crippen molar-refractivity contribution in [3.05, 3.63) is 162 Å². The summed E-state index contributed by atoms with van der Waals surface area (Å²) < 4.78 is 0. The zero-order chi connectivity index (χ0) is 32.2. The van der Waals surface area contributed by atoms with Crippen LogP contribution in [0.3, 0.4) is 0 Å². The Morgan fingerprint density at radius 1 is 0.689 bits per heavy atom. The molecule has 0 saturated heterocycles. The molecule has 0 aliphatic heterocycles. The summed E-state index contributed by atoms with van der Waals surface area (Å²) in [7, 11) is 0. The smallest absolute Gasteiger partial charge is 0.000448 e. The first-order valence-corrected chi connectivity index (χ1v) is 16.8. The minimum Gasteiger partial charge on any atom is -0.0877 e. The summed E-state index contributed by atoms with van der Waals surface area (Å²) in [6.45, 7) is 15.8. The van der Waals surface area contributed by atoms with Gasteiger partial charge in [-0.15, -0.1) is 0 Å². The van der Waals surface area contributed by atoms with Crippen molar-refractivity contribution in [2.45, 2.75) is 67.2 Å². The van der Waals surface area contributed by atoms with Crippen LogP contribution in [-0.2, 0) is 0 Å². The summed E-state index contributed by atoms with van der Waals surface area (Å²) in [6.07, 6.45) is 28.9. The maximum atomic E-state index is 2.40. The lowest BCUT2D eigenvalue weighted by Crippen LogP contribution is -2.14. The second-order valence-electron chi connectivity index (χ2n) is 12.9. The SMILES string of the molecule is C/C=C\C=C/C(C)C(C)C(C)C/C=C\C=C/C(C)c1cc(-c2cc(C3=CC=C(C)C=CC3)cc(-c3ccccc3)c2)ccc1C. The first-order chi connectivity index (χ1) is 21.8. The predicted octanol–water partition coefficient (Wildman–Crippen LogP) is 13.3. The van der Waals surface area contributed by atoms with E-state index in [2.05, 4.69) is 188 Å². The molecule has 0 N–H and O–H groups in total. The van der Waals surface area contributed by atoms with E-state index in [0.29, 0.717) is 23.7 Å². The van der Waals surface area contributed by atoms with E-state index in [-0.39, 0.29) is 0 Å². The maximum absolute atomic E-state index is 2.40. The summed E-state index contributed by atoms with van der Waals surface area (Å²) in [4.78, 5) is 0. The Morgan fingerprint density at radius 2 is 1.40 bits per heavy atom. The van der Waals surface area contributed by atoms with E-state index in [1.54, 1.807) is 0 Å². The lowest BCUT2D eigenvalue weighted by Gasteiger charge is -2.22. The van der Waals surface area contributed by atoms with Gasteiger partial charge in [-0.05, 0) is 120 Å². The van der Waals surface area contributed by atoms with Crippen molar-refractivity contribution in [1.29, 1.82) is 0 Å². The Labute approximate surface area is 274 Å². The third-order valence-electron chi connectivity index (χ3n) is 9.38. The van der Waals surface area contributed by atoms with E-state index < -0.39 is 0 Å². The maximum Gasteiger partial charge on any atom is -0.000448 e. The molecule has 232 valence electrons. The second-order valence-corrected chi connectivity index (χ2v) is 12.9. The summed E-state index contributed by atoms with van der Waals surface area (Å²) in [6, 6.07) is 24.8. The molecular weight excluding hydrogens is 540 g/mol. The van der Waals surface area contributed by atoms with E-state index in [0.717, 1.165) is 12.8 Å². The zero-order valence-electron chi connectivity index (χ0n) is 28.5. The average molecular weight is 593 g/mol. The van der Waals surface area contributed by atoms with Crippen LogP contribution in [0.2, 0.25) is 0 Å². The van der Waals surface area contributed by atoms with Crippen LogP contribution in [0.25, 0.3) is 27.8 Å². The molecule has 1 aliphatic rings. The molecule has 0 heteroatoms. The Kier molecular flexibility index (Phi) is 12.6. The van der Waals surface area contributed by atoms with Gasteiger partial charge in [-0.1, -0.05) is 155 Å². The number of aryl methyl sites for hydroxylation is 1. The molecular formula is C45H52. The number of hydrogen-bond donors (Lipinski definition) is 0. The fourth-order valence-electron chi connectivity index (χ4n) is 5.99. The molecule has 0 spiro atoms. The van der Waals surface area contributed by atoms with Crippen LogP contribution in [0.5, 0.6) is 0 Å². The first-order valence-electron chi connectivity index (χ1n) is 16.8. The van der Waals surface area contributed by atoms with Crippen molar-refractivity contribution < 1.29 is 0 Å². The highest BCUT2D eigenvalue weighted by atomic mass is 14.2. The quantitative estimate of drug-likeness (QED) is 0.184. The van der Waals surface area contributed by atoms with E-state index >= 15 is 0 Å². The molecule has 0 bridgehead atoms. The highest BCUT2D eigenvalue weighted by Gasteiger charge is 2.16. The van der Waals surface area contributed by atoms with Gasteiger partial charge < -0.3 is 0 Å². The molecule has 4 rings (SSSR count). The minimum atomic E-state index is 0.322. The highest BCUT2D eigenvalue weighted by molar-refractivity contribution is 5.81. The summed E-state index contributed by atoms with van der Waals surface area (Å²) >= 11 is 0. The van der Waals surface area contributed by atoms with Crippen LogP contribution < -0.4 is 0 Å². The number of benzene rings is 3. The van der Waals surface area contributed by atoms with Gasteiger partial charge in [0.1, 0.15) is 0 Å². The Balaban J connectivity index is 1.55. The molecule has 0 radical (unpaired) electrons. The van der Waals surface area contributed by atoms with Gasteiger partial charge in [0.2, 0.25) is 0 Å². The molecule has 0 saturated carbocycles. The van der Waals surface area contributed by atoms with E-state index in [4.69, 9.17) is 0 Å². The van der Waals surface area contributed by atoms with Gasteiger partial charge in [0, 0.05) is 0 Å². The van der Waals surface area contributed by atoms with Crippen LogP contribution in [0.4, 0.5) is 0 Å². The summed E-state index contributed by atoms with van der Waals surface area (Å²) in [5, 5.41) is 0. The van der Waals surface area contributed by atoms with Gasteiger partial charge in [0.05, 0.1) is 0 Å². The Morgan fingerprint density at radius 3 is 2.16 bits per heavy atom. The molecule has 0 nitrogen and oxygen atoms in total. The van der Waals surface area contributed by atoms with Crippen molar-refractivity contribution in [1.82, 2.24) is 0 Å². The molecule has 45 heavy (non-hydrogen) atoms. The normalized spacial score (nSPS) is 16.7. The van der Waals surface area contributed by atoms with Crippen LogP contribution in [0.1, 0.15) is 77.0 Å². The third-order valence-corrected chi connectivity index (χ3v) is 9.38. The summed E-state index contributed by atoms with van der Waals surface area (Å²) in [5.41, 5.74) is 11.7. The van der Waals surface area contributed by atoms with Crippen molar-refractivity contribution >= 4 is 5.57 Å². The van der Waals surface area contributed by atoms with Gasteiger partial charge in [0.15, 0.2) is 0 Å².